The van der Waals surface area contributed by atoms with Gasteiger partial charge in [-0.3, -0.25) is 4.98 Å². The molecule has 110 valence electrons. The van der Waals surface area contributed by atoms with Gasteiger partial charge in [-0.1, -0.05) is 12.5 Å². The van der Waals surface area contributed by atoms with E-state index in [2.05, 4.69) is 21.3 Å². The van der Waals surface area contributed by atoms with Crippen LogP contribution in [0.25, 0.3) is 0 Å². The molecule has 1 aromatic carbocycles. The van der Waals surface area contributed by atoms with Crippen LogP contribution in [0.1, 0.15) is 22.4 Å². The fourth-order valence-electron chi connectivity index (χ4n) is 2.18. The number of nitrogens with one attached hydrogen (secondary N) is 1. The van der Waals surface area contributed by atoms with E-state index in [9.17, 15) is 4.79 Å². The Morgan fingerprint density at radius 3 is 2.86 bits per heavy atom. The molecule has 0 radical (unpaired) electrons. The Hall–Kier alpha value is -2.93. The molecule has 0 atom stereocenters. The Kier molecular flexibility index (Phi) is 5.05. The molecule has 0 aliphatic rings. The van der Waals surface area contributed by atoms with E-state index in [1.54, 1.807) is 6.20 Å². The zero-order valence-corrected chi connectivity index (χ0v) is 12.6. The van der Waals surface area contributed by atoms with Gasteiger partial charge >= 0.3 is 0 Å². The van der Waals surface area contributed by atoms with Crippen molar-refractivity contribution in [3.05, 3.63) is 58.9 Å². The van der Waals surface area contributed by atoms with Crippen molar-refractivity contribution in [1.29, 1.82) is 0 Å². The molecule has 0 aliphatic carbocycles. The molecule has 4 nitrogen and oxygen atoms in total. The molecule has 2 rings (SSSR count). The SMILES string of the molecule is C#CN=C(c1ccnc(C)c1)c1cc(NCC=O)ccc1C. The number of benzene rings is 1. The number of carbonyl (C=O) groups excluding carboxylic acids is 1. The number of aliphatic imine (C=N–C) groups is 1. The Bertz CT molecular complexity index is 757. The third kappa shape index (κ3) is 3.58. The molecule has 1 heterocycles. The molecular formula is C18H17N3O. The van der Waals surface area contributed by atoms with E-state index < -0.39 is 0 Å². The summed E-state index contributed by atoms with van der Waals surface area (Å²) >= 11 is 0. The summed E-state index contributed by atoms with van der Waals surface area (Å²) in [5.41, 5.74) is 5.37. The van der Waals surface area contributed by atoms with Crippen LogP contribution in [0, 0.1) is 26.3 Å². The number of nitrogens with zero attached hydrogens (tertiary/aromatic N) is 2. The number of hydrogen-bond acceptors (Lipinski definition) is 4. The molecule has 0 saturated carbocycles. The van der Waals surface area contributed by atoms with E-state index in [1.165, 1.54) is 0 Å². The Morgan fingerprint density at radius 2 is 2.18 bits per heavy atom. The second kappa shape index (κ2) is 7.19. The molecule has 22 heavy (non-hydrogen) atoms. The number of anilines is 1. The van der Waals surface area contributed by atoms with Gasteiger partial charge in [-0.05, 0) is 43.7 Å². The lowest BCUT2D eigenvalue weighted by Crippen LogP contribution is -2.08. The van der Waals surface area contributed by atoms with E-state index >= 15 is 0 Å². The summed E-state index contributed by atoms with van der Waals surface area (Å²) in [6, 6.07) is 12.0. The smallest absolute Gasteiger partial charge is 0.139 e. The van der Waals surface area contributed by atoms with Gasteiger partial charge in [0.05, 0.1) is 12.3 Å². The van der Waals surface area contributed by atoms with Crippen LogP contribution in [-0.4, -0.2) is 23.5 Å². The van der Waals surface area contributed by atoms with Crippen LogP contribution in [0.3, 0.4) is 0 Å². The second-order valence-corrected chi connectivity index (χ2v) is 4.85. The fourth-order valence-corrected chi connectivity index (χ4v) is 2.18. The van der Waals surface area contributed by atoms with E-state index in [0.717, 1.165) is 40.1 Å². The highest BCUT2D eigenvalue weighted by molar-refractivity contribution is 6.14. The second-order valence-electron chi connectivity index (χ2n) is 4.85. The Morgan fingerprint density at radius 1 is 1.36 bits per heavy atom. The third-order valence-corrected chi connectivity index (χ3v) is 3.23. The molecule has 1 N–H and O–H groups in total. The first-order valence-corrected chi connectivity index (χ1v) is 6.90. The number of rotatable bonds is 5. The van der Waals surface area contributed by atoms with Crippen molar-refractivity contribution in [2.24, 2.45) is 4.99 Å². The van der Waals surface area contributed by atoms with Gasteiger partial charge in [-0.2, -0.15) is 4.99 Å². The predicted molar refractivity (Wildman–Crippen MR) is 89.2 cm³/mol. The molecule has 0 amide bonds. The van der Waals surface area contributed by atoms with Crippen molar-refractivity contribution in [1.82, 2.24) is 4.98 Å². The van der Waals surface area contributed by atoms with Crippen LogP contribution in [0.4, 0.5) is 5.69 Å². The first kappa shape index (κ1) is 15.5. The molecule has 1 aromatic heterocycles. The third-order valence-electron chi connectivity index (χ3n) is 3.23. The lowest BCUT2D eigenvalue weighted by atomic mass is 9.97. The number of hydrogen-bond donors (Lipinski definition) is 1. The number of aldehydes is 1. The van der Waals surface area contributed by atoms with E-state index in [0.29, 0.717) is 0 Å². The molecule has 2 aromatic rings. The Balaban J connectivity index is 2.52. The van der Waals surface area contributed by atoms with E-state index in [-0.39, 0.29) is 6.54 Å². The first-order valence-electron chi connectivity index (χ1n) is 6.90. The van der Waals surface area contributed by atoms with Crippen molar-refractivity contribution in [3.63, 3.8) is 0 Å². The highest BCUT2D eigenvalue weighted by atomic mass is 16.1. The lowest BCUT2D eigenvalue weighted by Gasteiger charge is -2.12. The van der Waals surface area contributed by atoms with Gasteiger partial charge in [-0.25, -0.2) is 0 Å². The monoisotopic (exact) mass is 291 g/mol. The number of aromatic nitrogens is 1. The molecule has 4 heteroatoms. The minimum atomic E-state index is 0.262. The first-order chi connectivity index (χ1) is 10.7. The lowest BCUT2D eigenvalue weighted by molar-refractivity contribution is -0.106. The van der Waals surface area contributed by atoms with Crippen LogP contribution >= 0.6 is 0 Å². The van der Waals surface area contributed by atoms with Crippen LogP contribution < -0.4 is 5.32 Å². The van der Waals surface area contributed by atoms with Crippen LogP contribution in [0.15, 0.2) is 41.5 Å². The highest BCUT2D eigenvalue weighted by Gasteiger charge is 2.11. The van der Waals surface area contributed by atoms with Crippen LogP contribution in [-0.2, 0) is 4.79 Å². The van der Waals surface area contributed by atoms with Crippen molar-refractivity contribution in [3.8, 4) is 12.5 Å². The van der Waals surface area contributed by atoms with E-state index in [1.807, 2.05) is 44.2 Å². The topological polar surface area (TPSA) is 54.4 Å². The summed E-state index contributed by atoms with van der Waals surface area (Å²) in [5, 5.41) is 3.03. The maximum Gasteiger partial charge on any atom is 0.139 e. The minimum absolute atomic E-state index is 0.262. The van der Waals surface area contributed by atoms with Gasteiger partial charge < -0.3 is 10.1 Å². The van der Waals surface area contributed by atoms with Crippen LogP contribution in [0.2, 0.25) is 0 Å². The number of carbonyl (C=O) groups is 1. The van der Waals surface area contributed by atoms with Gasteiger partial charge in [0.15, 0.2) is 0 Å². The Labute approximate surface area is 130 Å². The molecule has 0 unspecified atom stereocenters. The van der Waals surface area contributed by atoms with Gasteiger partial charge in [0.25, 0.3) is 0 Å². The normalized spacial score (nSPS) is 10.9. The van der Waals surface area contributed by atoms with Crippen molar-refractivity contribution >= 4 is 17.7 Å². The average molecular weight is 291 g/mol. The van der Waals surface area contributed by atoms with Gasteiger partial charge in [0.2, 0.25) is 0 Å². The minimum Gasteiger partial charge on any atom is -0.378 e. The summed E-state index contributed by atoms with van der Waals surface area (Å²) in [4.78, 5) is 18.9. The maximum atomic E-state index is 10.5. The fraction of sp³-hybridized carbons (Fsp3) is 0.167. The summed E-state index contributed by atoms with van der Waals surface area (Å²) in [6.45, 7) is 4.18. The molecule has 0 aliphatic heterocycles. The molecule has 0 bridgehead atoms. The summed E-state index contributed by atoms with van der Waals surface area (Å²) in [5.74, 6) is 0. The van der Waals surface area contributed by atoms with Crippen molar-refractivity contribution in [2.45, 2.75) is 13.8 Å². The number of terminal acetylenes is 1. The van der Waals surface area contributed by atoms with Crippen molar-refractivity contribution < 1.29 is 4.79 Å². The average Bonchev–Trinajstić information content (AvgIpc) is 2.52. The summed E-state index contributed by atoms with van der Waals surface area (Å²) in [7, 11) is 0. The predicted octanol–water partition coefficient (Wildman–Crippen LogP) is 2.74. The van der Waals surface area contributed by atoms with Gasteiger partial charge in [-0.15, -0.1) is 0 Å². The van der Waals surface area contributed by atoms with Gasteiger partial charge in [0.1, 0.15) is 6.29 Å². The zero-order chi connectivity index (χ0) is 15.9. The summed E-state index contributed by atoms with van der Waals surface area (Å²) in [6.07, 6.45) is 7.95. The standard InChI is InChI=1S/C18H17N3O/c1-4-19-18(15-7-8-20-14(3)11-15)17-12-16(21-9-10-22)6-5-13(17)2/h1,5-8,10-12,21H,9H2,2-3H3. The largest absolute Gasteiger partial charge is 0.378 e. The summed E-state index contributed by atoms with van der Waals surface area (Å²) < 4.78 is 0. The molecule has 0 spiro atoms. The molecule has 0 fully saturated rings. The highest BCUT2D eigenvalue weighted by Crippen LogP contribution is 2.20. The van der Waals surface area contributed by atoms with Gasteiger partial charge in [0, 0.05) is 34.7 Å². The van der Waals surface area contributed by atoms with E-state index in [4.69, 9.17) is 6.42 Å². The molecule has 0 saturated heterocycles. The quantitative estimate of drug-likeness (QED) is 0.523. The number of pyridine rings is 1. The molecular weight excluding hydrogens is 274 g/mol. The van der Waals surface area contributed by atoms with Crippen molar-refractivity contribution in [2.75, 3.05) is 11.9 Å². The van der Waals surface area contributed by atoms with Crippen LogP contribution in [0.5, 0.6) is 0 Å². The zero-order valence-electron chi connectivity index (χ0n) is 12.6. The number of aryl methyl sites for hydroxylation is 2. The maximum absolute atomic E-state index is 10.5.